The van der Waals surface area contributed by atoms with Gasteiger partial charge in [0.15, 0.2) is 0 Å². The van der Waals surface area contributed by atoms with Gasteiger partial charge in [-0.15, -0.1) is 0 Å². The van der Waals surface area contributed by atoms with Crippen LogP contribution in [-0.4, -0.2) is 18.5 Å². The van der Waals surface area contributed by atoms with Crippen LogP contribution in [0.3, 0.4) is 0 Å². The van der Waals surface area contributed by atoms with E-state index in [9.17, 15) is 9.59 Å². The number of benzene rings is 1. The number of esters is 2. The number of carbonyl (C=O) groups is 2. The SMILES string of the molecule is NCCCCCC(=O)OC(=O)/C=C/c1ccccc1. The predicted molar refractivity (Wildman–Crippen MR) is 74.1 cm³/mol. The van der Waals surface area contributed by atoms with Gasteiger partial charge in [-0.05, 0) is 31.0 Å². The number of ether oxygens (including phenoxy) is 1. The van der Waals surface area contributed by atoms with E-state index < -0.39 is 11.9 Å². The summed E-state index contributed by atoms with van der Waals surface area (Å²) in [6, 6.07) is 9.35. The van der Waals surface area contributed by atoms with Crippen molar-refractivity contribution in [2.24, 2.45) is 5.73 Å². The molecule has 4 heteroatoms. The molecule has 0 aliphatic heterocycles. The van der Waals surface area contributed by atoms with E-state index in [-0.39, 0.29) is 6.42 Å². The van der Waals surface area contributed by atoms with Gasteiger partial charge < -0.3 is 10.5 Å². The summed E-state index contributed by atoms with van der Waals surface area (Å²) < 4.78 is 4.66. The summed E-state index contributed by atoms with van der Waals surface area (Å²) in [4.78, 5) is 22.7. The Morgan fingerprint density at radius 1 is 1.11 bits per heavy atom. The predicted octanol–water partition coefficient (Wildman–Crippen LogP) is 2.29. The highest BCUT2D eigenvalue weighted by Crippen LogP contribution is 2.03. The molecular formula is C15H19NO3. The van der Waals surface area contributed by atoms with Crippen molar-refractivity contribution >= 4 is 18.0 Å². The molecule has 0 heterocycles. The van der Waals surface area contributed by atoms with Crippen molar-refractivity contribution in [3.63, 3.8) is 0 Å². The molecule has 0 aliphatic rings. The molecule has 0 unspecified atom stereocenters. The van der Waals surface area contributed by atoms with Crippen molar-refractivity contribution in [1.82, 2.24) is 0 Å². The monoisotopic (exact) mass is 261 g/mol. The Kier molecular flexibility index (Phi) is 7.20. The summed E-state index contributed by atoms with van der Waals surface area (Å²) in [5.74, 6) is -1.12. The lowest BCUT2D eigenvalue weighted by Crippen LogP contribution is -2.09. The highest BCUT2D eigenvalue weighted by atomic mass is 16.6. The molecule has 1 aromatic carbocycles. The van der Waals surface area contributed by atoms with Crippen molar-refractivity contribution in [1.29, 1.82) is 0 Å². The summed E-state index contributed by atoms with van der Waals surface area (Å²) in [5.41, 5.74) is 6.23. The first kappa shape index (κ1) is 15.1. The van der Waals surface area contributed by atoms with Gasteiger partial charge in [-0.2, -0.15) is 0 Å². The number of unbranched alkanes of at least 4 members (excludes halogenated alkanes) is 2. The third-order valence-electron chi connectivity index (χ3n) is 2.51. The second kappa shape index (κ2) is 9.05. The van der Waals surface area contributed by atoms with E-state index in [1.165, 1.54) is 6.08 Å². The molecule has 0 saturated carbocycles. The summed E-state index contributed by atoms with van der Waals surface area (Å²) in [7, 11) is 0. The molecule has 0 amide bonds. The minimum atomic E-state index is -0.632. The van der Waals surface area contributed by atoms with Crippen LogP contribution in [0.1, 0.15) is 31.2 Å². The van der Waals surface area contributed by atoms with Gasteiger partial charge >= 0.3 is 11.9 Å². The summed E-state index contributed by atoms with van der Waals surface area (Å²) in [6.07, 6.45) is 5.59. The van der Waals surface area contributed by atoms with E-state index in [0.29, 0.717) is 13.0 Å². The quantitative estimate of drug-likeness (QED) is 0.354. The highest BCUT2D eigenvalue weighted by molar-refractivity contribution is 5.94. The van der Waals surface area contributed by atoms with Gasteiger partial charge in [0.05, 0.1) is 0 Å². The molecule has 0 spiro atoms. The van der Waals surface area contributed by atoms with Crippen LogP contribution in [0.15, 0.2) is 36.4 Å². The zero-order valence-electron chi connectivity index (χ0n) is 10.9. The first-order chi connectivity index (χ1) is 9.22. The normalized spacial score (nSPS) is 10.6. The van der Waals surface area contributed by atoms with Gasteiger partial charge in [0, 0.05) is 12.5 Å². The van der Waals surface area contributed by atoms with E-state index in [4.69, 9.17) is 5.73 Å². The zero-order valence-corrected chi connectivity index (χ0v) is 10.9. The minimum Gasteiger partial charge on any atom is -0.390 e. The van der Waals surface area contributed by atoms with Crippen LogP contribution >= 0.6 is 0 Å². The Hall–Kier alpha value is -1.94. The van der Waals surface area contributed by atoms with Crippen molar-refractivity contribution in [3.05, 3.63) is 42.0 Å². The van der Waals surface area contributed by atoms with Crippen LogP contribution < -0.4 is 5.73 Å². The van der Waals surface area contributed by atoms with Gasteiger partial charge in [-0.25, -0.2) is 4.79 Å². The third kappa shape index (κ3) is 7.16. The first-order valence-electron chi connectivity index (χ1n) is 6.40. The lowest BCUT2D eigenvalue weighted by molar-refractivity contribution is -0.156. The molecule has 102 valence electrons. The van der Waals surface area contributed by atoms with Crippen LogP contribution in [0.25, 0.3) is 6.08 Å². The van der Waals surface area contributed by atoms with Crippen LogP contribution in [0.2, 0.25) is 0 Å². The molecule has 1 aromatic rings. The largest absolute Gasteiger partial charge is 0.390 e. The molecule has 0 saturated heterocycles. The maximum Gasteiger partial charge on any atom is 0.338 e. The molecule has 0 bridgehead atoms. The smallest absolute Gasteiger partial charge is 0.338 e. The molecule has 0 radical (unpaired) electrons. The molecule has 0 aromatic heterocycles. The van der Waals surface area contributed by atoms with Crippen LogP contribution in [0, 0.1) is 0 Å². The summed E-state index contributed by atoms with van der Waals surface area (Å²) >= 11 is 0. The fourth-order valence-corrected chi connectivity index (χ4v) is 1.52. The Balaban J connectivity index is 2.27. The number of carbonyl (C=O) groups excluding carboxylic acids is 2. The van der Waals surface area contributed by atoms with Crippen LogP contribution in [0.5, 0.6) is 0 Å². The number of nitrogens with two attached hydrogens (primary N) is 1. The van der Waals surface area contributed by atoms with Crippen LogP contribution in [0.4, 0.5) is 0 Å². The van der Waals surface area contributed by atoms with Gasteiger partial charge in [-0.1, -0.05) is 36.8 Å². The molecular weight excluding hydrogens is 242 g/mol. The molecule has 19 heavy (non-hydrogen) atoms. The number of hydrogen-bond acceptors (Lipinski definition) is 4. The van der Waals surface area contributed by atoms with E-state index in [1.807, 2.05) is 30.3 Å². The lowest BCUT2D eigenvalue weighted by Gasteiger charge is -2.00. The molecule has 4 nitrogen and oxygen atoms in total. The zero-order chi connectivity index (χ0) is 13.9. The Morgan fingerprint density at radius 3 is 2.53 bits per heavy atom. The summed E-state index contributed by atoms with van der Waals surface area (Å²) in [5, 5.41) is 0. The van der Waals surface area contributed by atoms with Crippen LogP contribution in [-0.2, 0) is 14.3 Å². The van der Waals surface area contributed by atoms with Gasteiger partial charge in [-0.3, -0.25) is 4.79 Å². The fraction of sp³-hybridized carbons (Fsp3) is 0.333. The Bertz CT molecular complexity index is 426. The second-order valence-corrected chi connectivity index (χ2v) is 4.14. The third-order valence-corrected chi connectivity index (χ3v) is 2.51. The van der Waals surface area contributed by atoms with E-state index in [1.54, 1.807) is 6.08 Å². The van der Waals surface area contributed by atoms with Gasteiger partial charge in [0.2, 0.25) is 0 Å². The lowest BCUT2D eigenvalue weighted by atomic mass is 10.2. The maximum absolute atomic E-state index is 11.4. The molecule has 2 N–H and O–H groups in total. The van der Waals surface area contributed by atoms with Crippen molar-refractivity contribution in [2.75, 3.05) is 6.54 Å². The average Bonchev–Trinajstić information content (AvgIpc) is 2.42. The fourth-order valence-electron chi connectivity index (χ4n) is 1.52. The summed E-state index contributed by atoms with van der Waals surface area (Å²) in [6.45, 7) is 0.619. The van der Waals surface area contributed by atoms with Crippen molar-refractivity contribution < 1.29 is 14.3 Å². The van der Waals surface area contributed by atoms with E-state index in [0.717, 1.165) is 18.4 Å². The minimum absolute atomic E-state index is 0.255. The Labute approximate surface area is 113 Å². The maximum atomic E-state index is 11.4. The molecule has 1 rings (SSSR count). The number of rotatable bonds is 7. The second-order valence-electron chi connectivity index (χ2n) is 4.14. The van der Waals surface area contributed by atoms with Gasteiger partial charge in [0.25, 0.3) is 0 Å². The topological polar surface area (TPSA) is 69.4 Å². The van der Waals surface area contributed by atoms with E-state index in [2.05, 4.69) is 4.74 Å². The highest BCUT2D eigenvalue weighted by Gasteiger charge is 2.06. The van der Waals surface area contributed by atoms with Gasteiger partial charge in [0.1, 0.15) is 0 Å². The molecule has 0 fully saturated rings. The Morgan fingerprint density at radius 2 is 1.84 bits per heavy atom. The van der Waals surface area contributed by atoms with E-state index >= 15 is 0 Å². The first-order valence-corrected chi connectivity index (χ1v) is 6.40. The molecule has 0 aliphatic carbocycles. The average molecular weight is 261 g/mol. The standard InChI is InChI=1S/C15H19NO3/c16-12-6-2-5-9-14(17)19-15(18)11-10-13-7-3-1-4-8-13/h1,3-4,7-8,10-11H,2,5-6,9,12,16H2/b11-10+. The molecule has 0 atom stereocenters. The van der Waals surface area contributed by atoms with Crippen molar-refractivity contribution in [3.8, 4) is 0 Å². The van der Waals surface area contributed by atoms with Crippen molar-refractivity contribution in [2.45, 2.75) is 25.7 Å². The number of hydrogen-bond donors (Lipinski definition) is 1.